The lowest BCUT2D eigenvalue weighted by atomic mass is 10.0. The molecule has 24 nitrogen and oxygen atoms in total. The summed E-state index contributed by atoms with van der Waals surface area (Å²) in [7, 11) is 0. The summed E-state index contributed by atoms with van der Waals surface area (Å²) in [6.45, 7) is 0.385. The molecule has 0 saturated heterocycles. The van der Waals surface area contributed by atoms with Gasteiger partial charge in [0, 0.05) is 12.8 Å². The smallest absolute Gasteiger partial charge is 0.326 e. The number of phenolic OH excluding ortho intramolecular Hbond substituents is 1. The van der Waals surface area contributed by atoms with Gasteiger partial charge in [0.25, 0.3) is 0 Å². The molecular formula is C34H50N8O16. The summed E-state index contributed by atoms with van der Waals surface area (Å²) in [6.07, 6.45) is -4.46. The minimum absolute atomic E-state index is 0.0967. The molecule has 0 unspecified atom stereocenters. The highest BCUT2D eigenvalue weighted by molar-refractivity contribution is 5.97. The molecule has 0 aliphatic rings. The number of aliphatic carboxylic acids is 4. The molecule has 1 aromatic carbocycles. The Morgan fingerprint density at radius 2 is 1.19 bits per heavy atom. The van der Waals surface area contributed by atoms with Gasteiger partial charge in [0.2, 0.25) is 35.4 Å². The largest absolute Gasteiger partial charge is 0.508 e. The van der Waals surface area contributed by atoms with Gasteiger partial charge in [-0.3, -0.25) is 43.2 Å². The van der Waals surface area contributed by atoms with E-state index in [0.29, 0.717) is 12.0 Å². The van der Waals surface area contributed by atoms with Crippen molar-refractivity contribution in [3.05, 3.63) is 29.8 Å². The molecule has 1 aromatic rings. The van der Waals surface area contributed by atoms with Gasteiger partial charge in [-0.1, -0.05) is 12.1 Å². The zero-order valence-electron chi connectivity index (χ0n) is 31.3. The molecule has 16 N–H and O–H groups in total. The van der Waals surface area contributed by atoms with E-state index in [1.54, 1.807) is 0 Å². The quantitative estimate of drug-likeness (QED) is 0.0370. The lowest BCUT2D eigenvalue weighted by molar-refractivity contribution is -0.143. The molecule has 0 fully saturated rings. The summed E-state index contributed by atoms with van der Waals surface area (Å²) in [5.74, 6) is -12.7. The predicted molar refractivity (Wildman–Crippen MR) is 196 cm³/mol. The van der Waals surface area contributed by atoms with E-state index in [2.05, 4.69) is 31.9 Å². The predicted octanol–water partition coefficient (Wildman–Crippen LogP) is -4.79. The van der Waals surface area contributed by atoms with Crippen molar-refractivity contribution in [1.29, 1.82) is 0 Å². The van der Waals surface area contributed by atoms with Crippen LogP contribution in [0.15, 0.2) is 24.3 Å². The van der Waals surface area contributed by atoms with Crippen LogP contribution in [0.3, 0.4) is 0 Å². The summed E-state index contributed by atoms with van der Waals surface area (Å²) in [6, 6.07) is -4.58. The fraction of sp³-hybridized carbons (Fsp3) is 0.529. The number of unbranched alkanes of at least 4 members (excludes halogenated alkanes) is 1. The Morgan fingerprint density at radius 1 is 0.638 bits per heavy atom. The summed E-state index contributed by atoms with van der Waals surface area (Å²) >= 11 is 0. The molecule has 322 valence electrons. The first-order valence-electron chi connectivity index (χ1n) is 17.7. The molecule has 6 amide bonds. The third kappa shape index (κ3) is 19.0. The van der Waals surface area contributed by atoms with E-state index in [0.717, 1.165) is 6.92 Å². The van der Waals surface area contributed by atoms with Crippen LogP contribution < -0.4 is 43.4 Å². The lowest BCUT2D eigenvalue weighted by Gasteiger charge is -2.27. The van der Waals surface area contributed by atoms with Crippen LogP contribution >= 0.6 is 0 Å². The van der Waals surface area contributed by atoms with Crippen LogP contribution in [0.1, 0.15) is 57.4 Å². The fourth-order valence-electron chi connectivity index (χ4n) is 5.04. The molecule has 58 heavy (non-hydrogen) atoms. The molecule has 0 radical (unpaired) electrons. The molecule has 0 bridgehead atoms. The average molecular weight is 827 g/mol. The average Bonchev–Trinajstić information content (AvgIpc) is 3.13. The van der Waals surface area contributed by atoms with Crippen LogP contribution in [0, 0.1) is 0 Å². The maximum Gasteiger partial charge on any atom is 0.326 e. The summed E-state index contributed by atoms with van der Waals surface area (Å²) < 4.78 is 0. The molecule has 0 spiro atoms. The highest BCUT2D eigenvalue weighted by atomic mass is 16.4. The van der Waals surface area contributed by atoms with Gasteiger partial charge in [-0.15, -0.1) is 0 Å². The van der Waals surface area contributed by atoms with Gasteiger partial charge in [-0.2, -0.15) is 0 Å². The number of carboxylic acid groups (broad SMARTS) is 4. The van der Waals surface area contributed by atoms with Gasteiger partial charge >= 0.3 is 23.9 Å². The summed E-state index contributed by atoms with van der Waals surface area (Å²) in [4.78, 5) is 123. The second kappa shape index (κ2) is 25.0. The van der Waals surface area contributed by atoms with Crippen molar-refractivity contribution in [2.24, 2.45) is 11.5 Å². The highest BCUT2D eigenvalue weighted by Crippen LogP contribution is 2.12. The normalized spacial score (nSPS) is 14.4. The van der Waals surface area contributed by atoms with Gasteiger partial charge in [0.05, 0.1) is 31.5 Å². The van der Waals surface area contributed by atoms with Crippen molar-refractivity contribution in [2.75, 3.05) is 13.1 Å². The topological polar surface area (TPSA) is 416 Å². The number of benzene rings is 1. The van der Waals surface area contributed by atoms with Crippen LogP contribution in [-0.2, 0) is 54.4 Å². The first-order chi connectivity index (χ1) is 27.1. The van der Waals surface area contributed by atoms with Gasteiger partial charge in [-0.25, -0.2) is 4.79 Å². The first-order valence-corrected chi connectivity index (χ1v) is 17.7. The number of aromatic hydroxyl groups is 1. The van der Waals surface area contributed by atoms with Crippen LogP contribution in [0.2, 0.25) is 0 Å². The van der Waals surface area contributed by atoms with Crippen molar-refractivity contribution in [2.45, 2.75) is 101 Å². The number of carboxylic acids is 4. The number of aliphatic hydroxyl groups excluding tert-OH is 1. The van der Waals surface area contributed by atoms with Crippen molar-refractivity contribution < 1.29 is 78.6 Å². The SMILES string of the molecule is C[C@@H](O)[C@H](NC(=O)[C@H](CCC(=O)O)NC(=O)[C@@H](N)CC(=O)O)C(=O)N[C@@H](CCCCN)C(=O)NCC(=O)N[C@@H](CC(=O)O)C(=O)N[C@@H](Cc1ccc(O)cc1)C(=O)O. The van der Waals surface area contributed by atoms with E-state index in [1.165, 1.54) is 24.3 Å². The molecule has 0 aromatic heterocycles. The minimum Gasteiger partial charge on any atom is -0.508 e. The van der Waals surface area contributed by atoms with Crippen LogP contribution in [0.25, 0.3) is 0 Å². The zero-order chi connectivity index (χ0) is 44.1. The molecule has 7 atom stereocenters. The lowest BCUT2D eigenvalue weighted by Crippen LogP contribution is -2.60. The number of carbonyl (C=O) groups is 10. The Balaban J connectivity index is 3.09. The Hall–Kier alpha value is -6.40. The maximum atomic E-state index is 13.3. The monoisotopic (exact) mass is 826 g/mol. The van der Waals surface area contributed by atoms with E-state index in [9.17, 15) is 68.4 Å². The number of phenols is 1. The van der Waals surface area contributed by atoms with E-state index in [-0.39, 0.29) is 31.6 Å². The highest BCUT2D eigenvalue weighted by Gasteiger charge is 2.34. The Morgan fingerprint density at radius 3 is 1.72 bits per heavy atom. The minimum atomic E-state index is -1.82. The third-order valence-corrected chi connectivity index (χ3v) is 8.10. The molecule has 0 heterocycles. The third-order valence-electron chi connectivity index (χ3n) is 8.10. The van der Waals surface area contributed by atoms with E-state index in [1.807, 2.05) is 0 Å². The first kappa shape index (κ1) is 49.6. The number of nitrogens with two attached hydrogens (primary N) is 2. The van der Waals surface area contributed by atoms with Gasteiger partial charge in [-0.05, 0) is 56.8 Å². The number of nitrogens with one attached hydrogen (secondary N) is 6. The Bertz CT molecular complexity index is 1640. The second-order valence-electron chi connectivity index (χ2n) is 13.0. The number of carbonyl (C=O) groups excluding carboxylic acids is 6. The molecule has 24 heteroatoms. The van der Waals surface area contributed by atoms with Gasteiger partial charge in [0.15, 0.2) is 0 Å². The maximum absolute atomic E-state index is 13.3. The fourth-order valence-corrected chi connectivity index (χ4v) is 5.04. The van der Waals surface area contributed by atoms with Gasteiger partial charge < -0.3 is 74.0 Å². The van der Waals surface area contributed by atoms with E-state index >= 15 is 0 Å². The van der Waals surface area contributed by atoms with Crippen LogP contribution in [0.4, 0.5) is 0 Å². The Labute approximate surface area is 330 Å². The van der Waals surface area contributed by atoms with Crippen molar-refractivity contribution in [1.82, 2.24) is 31.9 Å². The molecule has 0 saturated carbocycles. The summed E-state index contributed by atoms with van der Waals surface area (Å²) in [5.41, 5.74) is 11.5. The van der Waals surface area contributed by atoms with Crippen molar-refractivity contribution in [3.63, 3.8) is 0 Å². The number of aliphatic hydroxyl groups is 1. The standard InChI is InChI=1S/C34H50N8O16/c1-16(43)28(42-31(54)21(9-10-25(46)47)39-29(52)19(36)13-26(48)49)33(56)40-20(4-2-3-11-35)30(53)37-15-24(45)38-22(14-27(50)51)32(55)41-23(34(57)58)12-17-5-7-18(44)8-6-17/h5-8,16,19-23,28,43-44H,2-4,9-15,35-36H2,1H3,(H,37,53)(H,38,45)(H,39,52)(H,40,56)(H,41,55)(H,42,54)(H,46,47)(H,48,49)(H,50,51)(H,57,58)/t16-,19+,20+,21+,22+,23+,28+/m1/s1. The van der Waals surface area contributed by atoms with Crippen molar-refractivity contribution in [3.8, 4) is 5.75 Å². The number of rotatable bonds is 27. The van der Waals surface area contributed by atoms with Crippen molar-refractivity contribution >= 4 is 59.3 Å². The zero-order valence-corrected chi connectivity index (χ0v) is 31.3. The van der Waals surface area contributed by atoms with Crippen LogP contribution in [-0.4, -0.2) is 145 Å². The number of hydrogen-bond acceptors (Lipinski definition) is 14. The van der Waals surface area contributed by atoms with E-state index in [4.69, 9.17) is 21.7 Å². The summed E-state index contributed by atoms with van der Waals surface area (Å²) in [5, 5.41) is 69.8. The number of hydrogen-bond donors (Lipinski definition) is 14. The molecule has 0 aliphatic heterocycles. The second-order valence-corrected chi connectivity index (χ2v) is 13.0. The molecule has 1 rings (SSSR count). The van der Waals surface area contributed by atoms with Crippen LogP contribution in [0.5, 0.6) is 5.75 Å². The number of amides is 6. The molecular weight excluding hydrogens is 776 g/mol. The van der Waals surface area contributed by atoms with E-state index < -0.39 is 134 Å². The Kier molecular flexibility index (Phi) is 21.4. The van der Waals surface area contributed by atoms with Gasteiger partial charge in [0.1, 0.15) is 36.0 Å². The molecule has 0 aliphatic carbocycles.